The van der Waals surface area contributed by atoms with Crippen LogP contribution in [0, 0.1) is 0 Å². The van der Waals surface area contributed by atoms with E-state index in [0.717, 1.165) is 64.7 Å². The first-order valence-corrected chi connectivity index (χ1v) is 13.7. The van der Waals surface area contributed by atoms with E-state index in [0.29, 0.717) is 6.17 Å². The minimum absolute atomic E-state index is 0.186. The first-order chi connectivity index (χ1) is 16.1. The molecular weight excluding hydrogens is 410 g/mol. The summed E-state index contributed by atoms with van der Waals surface area (Å²) >= 11 is 0. The summed E-state index contributed by atoms with van der Waals surface area (Å²) in [5, 5.41) is 11.4. The van der Waals surface area contributed by atoms with E-state index in [-0.39, 0.29) is 5.96 Å². The molecule has 2 heterocycles. The first-order valence-electron chi connectivity index (χ1n) is 13.7. The van der Waals surface area contributed by atoms with Crippen LogP contribution < -0.4 is 16.4 Å². The zero-order chi connectivity index (χ0) is 23.8. The van der Waals surface area contributed by atoms with E-state index >= 15 is 0 Å². The van der Waals surface area contributed by atoms with Crippen molar-refractivity contribution < 1.29 is 10.0 Å². The Hall–Kier alpha value is -1.37. The maximum atomic E-state index is 11.4. The highest BCUT2D eigenvalue weighted by Gasteiger charge is 2.48. The lowest BCUT2D eigenvalue weighted by atomic mass is 10.0. The van der Waals surface area contributed by atoms with Crippen LogP contribution in [0.5, 0.6) is 0 Å². The van der Waals surface area contributed by atoms with Crippen molar-refractivity contribution in [3.05, 3.63) is 24.8 Å². The standard InChI is InChI=1S/C27H51N5O/c1-2-3-4-5-6-7-8-9-10-11-12-14-19-27(33)20-18-25-31(23-17-24-32(25)27)22-16-13-15-21-30-26(28)29/h2,18,20,25,33H,1,3-17,19,21-24H2,(H4,28,29,30)/p+1. The van der Waals surface area contributed by atoms with Crippen molar-refractivity contribution in [2.75, 3.05) is 26.2 Å². The van der Waals surface area contributed by atoms with Gasteiger partial charge in [-0.25, -0.2) is 0 Å². The van der Waals surface area contributed by atoms with Crippen LogP contribution in [0.4, 0.5) is 0 Å². The number of allylic oxidation sites excluding steroid dienone is 1. The maximum absolute atomic E-state index is 11.4. The van der Waals surface area contributed by atoms with Crippen molar-refractivity contribution in [2.45, 2.75) is 115 Å². The van der Waals surface area contributed by atoms with Crippen LogP contribution in [0.15, 0.2) is 29.8 Å². The third-order valence-electron chi connectivity index (χ3n) is 7.37. The minimum atomic E-state index is -0.665. The highest BCUT2D eigenvalue weighted by Crippen LogP contribution is 2.21. The van der Waals surface area contributed by atoms with Crippen LogP contribution >= 0.6 is 0 Å². The van der Waals surface area contributed by atoms with Crippen LogP contribution in [-0.4, -0.2) is 54.0 Å². The van der Waals surface area contributed by atoms with Gasteiger partial charge in [0.1, 0.15) is 0 Å². The fourth-order valence-electron chi connectivity index (χ4n) is 5.45. The molecule has 2 aliphatic rings. The average Bonchev–Trinajstić information content (AvgIpc) is 3.14. The summed E-state index contributed by atoms with van der Waals surface area (Å²) in [5.41, 5.74) is 10.1. The molecule has 2 aliphatic heterocycles. The van der Waals surface area contributed by atoms with Gasteiger partial charge in [-0.2, -0.15) is 0 Å². The van der Waals surface area contributed by atoms with Gasteiger partial charge >= 0.3 is 0 Å². The summed E-state index contributed by atoms with van der Waals surface area (Å²) in [7, 11) is 0. The summed E-state index contributed by atoms with van der Waals surface area (Å²) in [6.07, 6.45) is 26.5. The normalized spacial score (nSPS) is 24.6. The molecule has 3 unspecified atom stereocenters. The Morgan fingerprint density at radius 2 is 1.64 bits per heavy atom. The Labute approximate surface area is 203 Å². The zero-order valence-electron chi connectivity index (χ0n) is 21.2. The SMILES string of the molecule is C=CCCCCCCCCCCCCC1(O)C=CC2N(CCCCCN=C(N)N)CCC[NH+]21. The molecule has 0 amide bonds. The fraction of sp³-hybridized carbons (Fsp3) is 0.815. The summed E-state index contributed by atoms with van der Waals surface area (Å²) in [6.45, 7) is 7.80. The van der Waals surface area contributed by atoms with Crippen molar-refractivity contribution in [2.24, 2.45) is 16.5 Å². The largest absolute Gasteiger partial charge is 0.370 e. The van der Waals surface area contributed by atoms with Gasteiger partial charge in [0.25, 0.3) is 0 Å². The molecule has 0 aliphatic carbocycles. The number of fused-ring (bicyclic) bond motifs is 1. The molecule has 0 aromatic rings. The number of hydrogen-bond acceptors (Lipinski definition) is 3. The minimum Gasteiger partial charge on any atom is -0.370 e. The van der Waals surface area contributed by atoms with Gasteiger partial charge in [0, 0.05) is 38.6 Å². The van der Waals surface area contributed by atoms with Gasteiger partial charge in [-0.05, 0) is 38.2 Å². The molecule has 6 heteroatoms. The Kier molecular flexibility index (Phi) is 13.8. The van der Waals surface area contributed by atoms with Crippen molar-refractivity contribution in [1.82, 2.24) is 4.90 Å². The average molecular weight is 463 g/mol. The van der Waals surface area contributed by atoms with Gasteiger partial charge in [-0.1, -0.05) is 63.9 Å². The van der Waals surface area contributed by atoms with Gasteiger partial charge in [-0.15, -0.1) is 6.58 Å². The van der Waals surface area contributed by atoms with Crippen molar-refractivity contribution in [1.29, 1.82) is 0 Å². The monoisotopic (exact) mass is 462 g/mol. The number of nitrogens with zero attached hydrogens (tertiary/aromatic N) is 2. The van der Waals surface area contributed by atoms with Gasteiger partial charge < -0.3 is 16.6 Å². The van der Waals surface area contributed by atoms with Gasteiger partial charge in [0.05, 0.1) is 6.54 Å². The van der Waals surface area contributed by atoms with E-state index in [4.69, 9.17) is 11.5 Å². The number of rotatable bonds is 19. The zero-order valence-corrected chi connectivity index (χ0v) is 21.2. The molecule has 6 nitrogen and oxygen atoms in total. The van der Waals surface area contributed by atoms with Crippen LogP contribution in [0.1, 0.15) is 103 Å². The number of guanidine groups is 1. The maximum Gasteiger partial charge on any atom is 0.220 e. The number of aliphatic imine (C=N–C) groups is 1. The van der Waals surface area contributed by atoms with Crippen molar-refractivity contribution >= 4 is 5.96 Å². The smallest absolute Gasteiger partial charge is 0.220 e. The number of unbranched alkanes of at least 4 members (excludes halogenated alkanes) is 12. The number of hydrogen-bond donors (Lipinski definition) is 4. The molecule has 33 heavy (non-hydrogen) atoms. The van der Waals surface area contributed by atoms with E-state index in [1.165, 1.54) is 69.1 Å². The van der Waals surface area contributed by atoms with Gasteiger partial charge in [-0.3, -0.25) is 14.8 Å². The van der Waals surface area contributed by atoms with Crippen LogP contribution in [-0.2, 0) is 0 Å². The number of nitrogens with one attached hydrogen (secondary N) is 1. The number of nitrogens with two attached hydrogens (primary N) is 2. The summed E-state index contributed by atoms with van der Waals surface area (Å²) < 4.78 is 0. The van der Waals surface area contributed by atoms with E-state index in [1.807, 2.05) is 6.08 Å². The Morgan fingerprint density at radius 3 is 2.30 bits per heavy atom. The third-order valence-corrected chi connectivity index (χ3v) is 7.37. The number of quaternary nitrogens is 1. The molecule has 0 aromatic carbocycles. The molecule has 190 valence electrons. The second-order valence-electron chi connectivity index (χ2n) is 10.1. The van der Waals surface area contributed by atoms with Gasteiger partial charge in [0.2, 0.25) is 5.72 Å². The van der Waals surface area contributed by atoms with E-state index < -0.39 is 5.72 Å². The Bertz CT molecular complexity index is 589. The highest BCUT2D eigenvalue weighted by molar-refractivity contribution is 5.75. The quantitative estimate of drug-likeness (QED) is 0.102. The van der Waals surface area contributed by atoms with E-state index in [2.05, 4.69) is 28.6 Å². The summed E-state index contributed by atoms with van der Waals surface area (Å²) in [6, 6.07) is 0. The van der Waals surface area contributed by atoms with Gasteiger partial charge in [0.15, 0.2) is 12.1 Å². The molecule has 0 radical (unpaired) electrons. The summed E-state index contributed by atoms with van der Waals surface area (Å²) in [4.78, 5) is 7.97. The lowest BCUT2D eigenvalue weighted by Crippen LogP contribution is -3.24. The molecule has 1 fully saturated rings. The van der Waals surface area contributed by atoms with Crippen molar-refractivity contribution in [3.63, 3.8) is 0 Å². The van der Waals surface area contributed by atoms with E-state index in [1.54, 1.807) is 0 Å². The molecule has 0 spiro atoms. The lowest BCUT2D eigenvalue weighted by molar-refractivity contribution is -0.995. The Balaban J connectivity index is 1.55. The molecular formula is C27H52N5O+. The molecule has 1 saturated heterocycles. The first kappa shape index (κ1) is 27.9. The lowest BCUT2D eigenvalue weighted by Gasteiger charge is -2.42. The summed E-state index contributed by atoms with van der Waals surface area (Å²) in [5.74, 6) is 0.186. The molecule has 0 saturated carbocycles. The van der Waals surface area contributed by atoms with Crippen LogP contribution in [0.25, 0.3) is 0 Å². The second-order valence-corrected chi connectivity index (χ2v) is 10.1. The van der Waals surface area contributed by atoms with Crippen LogP contribution in [0.3, 0.4) is 0 Å². The molecule has 0 aromatic heterocycles. The number of aliphatic hydroxyl groups is 1. The second kappa shape index (κ2) is 16.3. The van der Waals surface area contributed by atoms with E-state index in [9.17, 15) is 5.11 Å². The molecule has 3 atom stereocenters. The van der Waals surface area contributed by atoms with Crippen molar-refractivity contribution in [3.8, 4) is 0 Å². The predicted octanol–water partition coefficient (Wildman–Crippen LogP) is 3.47. The molecule has 6 N–H and O–H groups in total. The Morgan fingerprint density at radius 1 is 1.00 bits per heavy atom. The molecule has 0 bridgehead atoms. The molecule has 2 rings (SSSR count). The predicted molar refractivity (Wildman–Crippen MR) is 140 cm³/mol. The third kappa shape index (κ3) is 10.6. The highest BCUT2D eigenvalue weighted by atomic mass is 16.3. The fourth-order valence-corrected chi connectivity index (χ4v) is 5.45. The van der Waals surface area contributed by atoms with Crippen LogP contribution in [0.2, 0.25) is 0 Å². The topological polar surface area (TPSA) is 92.3 Å².